The third kappa shape index (κ3) is 8.21. The van der Waals surface area contributed by atoms with Crippen LogP contribution in [0.2, 0.25) is 0 Å². The summed E-state index contributed by atoms with van der Waals surface area (Å²) in [6.45, 7) is 11.4. The number of nitrogens with one attached hydrogen (secondary N) is 2. The molecule has 190 valence electrons. The van der Waals surface area contributed by atoms with Crippen LogP contribution >= 0.6 is 0 Å². The Bertz CT molecular complexity index is 1220. The first-order valence-electron chi connectivity index (χ1n) is 11.3. The third-order valence-electron chi connectivity index (χ3n) is 4.80. The summed E-state index contributed by atoms with van der Waals surface area (Å²) < 4.78 is 5.37. The van der Waals surface area contributed by atoms with Crippen molar-refractivity contribution in [3.8, 4) is 17.0 Å². The zero-order valence-corrected chi connectivity index (χ0v) is 21.4. The molecule has 0 aliphatic carbocycles. The van der Waals surface area contributed by atoms with E-state index in [2.05, 4.69) is 46.6 Å². The number of H-pyrrole nitrogens is 1. The highest BCUT2D eigenvalue weighted by molar-refractivity contribution is 5.93. The molecule has 0 saturated heterocycles. The van der Waals surface area contributed by atoms with Crippen LogP contribution in [0.3, 0.4) is 0 Å². The number of benzene rings is 2. The van der Waals surface area contributed by atoms with Crippen molar-refractivity contribution in [3.63, 3.8) is 0 Å². The number of carbonyl (C=O) groups excluding carboxylic acids is 2. The zero-order chi connectivity index (χ0) is 27.1. The molecule has 0 radical (unpaired) electrons. The van der Waals surface area contributed by atoms with E-state index in [0.717, 1.165) is 39.2 Å². The predicted molar refractivity (Wildman–Crippen MR) is 146 cm³/mol. The van der Waals surface area contributed by atoms with Crippen molar-refractivity contribution in [2.45, 2.75) is 26.4 Å². The van der Waals surface area contributed by atoms with Crippen molar-refractivity contribution in [3.05, 3.63) is 96.8 Å². The fourth-order valence-corrected chi connectivity index (χ4v) is 3.41. The smallest absolute Gasteiger partial charge is 0.269 e. The number of hydrogen-bond donors (Lipinski definition) is 3. The monoisotopic (exact) mass is 489 g/mol. The minimum Gasteiger partial charge on any atom is -0.497 e. The van der Waals surface area contributed by atoms with Gasteiger partial charge in [0, 0.05) is 42.2 Å². The van der Waals surface area contributed by atoms with E-state index < -0.39 is 0 Å². The second-order valence-electron chi connectivity index (χ2n) is 7.62. The van der Waals surface area contributed by atoms with Gasteiger partial charge < -0.3 is 24.9 Å². The maximum absolute atomic E-state index is 11.9. The maximum Gasteiger partial charge on any atom is 0.269 e. The highest BCUT2D eigenvalue weighted by Gasteiger charge is 2.16. The SMILES string of the molecule is C=C.C=O.CC(C)O.CNC(=O)c1cccc(Cc2c(-c3ccccc3)[nH]c3cc(OC)ccc23)n1. The van der Waals surface area contributed by atoms with Gasteiger partial charge in [-0.1, -0.05) is 36.4 Å². The summed E-state index contributed by atoms with van der Waals surface area (Å²) in [5.74, 6) is 0.619. The first-order chi connectivity index (χ1) is 17.4. The van der Waals surface area contributed by atoms with Gasteiger partial charge in [0.25, 0.3) is 5.91 Å². The molecule has 0 saturated carbocycles. The molecule has 2 aromatic carbocycles. The summed E-state index contributed by atoms with van der Waals surface area (Å²) in [6.07, 6.45) is 0.446. The zero-order valence-electron chi connectivity index (χ0n) is 21.4. The molecule has 0 unspecified atom stereocenters. The van der Waals surface area contributed by atoms with Gasteiger partial charge in [-0.05, 0) is 49.2 Å². The number of ether oxygens (including phenoxy) is 1. The quantitative estimate of drug-likeness (QED) is 0.335. The van der Waals surface area contributed by atoms with Crippen molar-refractivity contribution in [2.24, 2.45) is 0 Å². The molecule has 1 amide bonds. The molecule has 4 aromatic rings. The Morgan fingerprint density at radius 3 is 2.28 bits per heavy atom. The minimum atomic E-state index is -0.186. The van der Waals surface area contributed by atoms with Gasteiger partial charge in [0.2, 0.25) is 0 Å². The number of nitrogens with zero attached hydrogens (tertiary/aromatic N) is 1. The van der Waals surface area contributed by atoms with E-state index in [1.807, 2.05) is 49.3 Å². The Labute approximate surface area is 212 Å². The predicted octanol–water partition coefficient (Wildman–Crippen LogP) is 5.19. The summed E-state index contributed by atoms with van der Waals surface area (Å²) >= 11 is 0. The Kier molecular flexibility index (Phi) is 12.9. The van der Waals surface area contributed by atoms with E-state index in [1.54, 1.807) is 34.1 Å². The highest BCUT2D eigenvalue weighted by Crippen LogP contribution is 2.33. The number of aromatic nitrogens is 2. The lowest BCUT2D eigenvalue weighted by Gasteiger charge is -2.07. The summed E-state index contributed by atoms with van der Waals surface area (Å²) in [7, 11) is 3.27. The van der Waals surface area contributed by atoms with Crippen LogP contribution in [-0.4, -0.2) is 48.0 Å². The van der Waals surface area contributed by atoms with Gasteiger partial charge in [-0.3, -0.25) is 4.79 Å². The number of aromatic amines is 1. The molecule has 0 aliphatic rings. The largest absolute Gasteiger partial charge is 0.497 e. The molecule has 3 N–H and O–H groups in total. The highest BCUT2D eigenvalue weighted by atomic mass is 16.5. The Balaban J connectivity index is 0.000000725. The number of pyridine rings is 1. The Morgan fingerprint density at radius 1 is 1.06 bits per heavy atom. The number of carbonyl (C=O) groups is 2. The van der Waals surface area contributed by atoms with Crippen molar-refractivity contribution < 1.29 is 19.4 Å². The van der Waals surface area contributed by atoms with E-state index in [1.165, 1.54) is 0 Å². The van der Waals surface area contributed by atoms with Crippen molar-refractivity contribution >= 4 is 23.6 Å². The van der Waals surface area contributed by atoms with Crippen LogP contribution in [0.1, 0.15) is 35.6 Å². The van der Waals surface area contributed by atoms with Gasteiger partial charge in [-0.15, -0.1) is 13.2 Å². The molecule has 0 spiro atoms. The lowest BCUT2D eigenvalue weighted by molar-refractivity contribution is -0.0980. The van der Waals surface area contributed by atoms with Crippen LogP contribution in [0.5, 0.6) is 5.75 Å². The molecular formula is C29H35N3O4. The van der Waals surface area contributed by atoms with Crippen LogP contribution in [0, 0.1) is 0 Å². The number of methoxy groups -OCH3 is 1. The van der Waals surface area contributed by atoms with Gasteiger partial charge in [0.1, 0.15) is 18.2 Å². The first-order valence-corrected chi connectivity index (χ1v) is 11.3. The topological polar surface area (TPSA) is 104 Å². The Hall–Kier alpha value is -4.23. The van der Waals surface area contributed by atoms with Gasteiger partial charge >= 0.3 is 0 Å². The summed E-state index contributed by atoms with van der Waals surface area (Å²) in [4.78, 5) is 28.0. The van der Waals surface area contributed by atoms with Crippen LogP contribution in [0.25, 0.3) is 22.2 Å². The normalized spacial score (nSPS) is 9.61. The fraction of sp³-hybridized carbons (Fsp3) is 0.207. The molecule has 0 fully saturated rings. The van der Waals surface area contributed by atoms with E-state index in [0.29, 0.717) is 12.1 Å². The van der Waals surface area contributed by atoms with E-state index in [9.17, 15) is 4.79 Å². The number of aliphatic hydroxyl groups is 1. The standard InChI is InChI=1S/C23H21N3O2.C3H8O.C2H4.CH2O/c1-24-23(27)20-10-6-9-16(25-20)13-19-18-12-11-17(28-2)14-21(18)26-22(19)15-7-4-3-5-8-15;1-3(2)4;2*1-2/h3-12,14,26H,13H2,1-2H3,(H,24,27);3-4H,1-2H3;1-2H2;1H2. The van der Waals surface area contributed by atoms with Crippen LogP contribution in [0.15, 0.2) is 79.9 Å². The molecule has 36 heavy (non-hydrogen) atoms. The van der Waals surface area contributed by atoms with Crippen LogP contribution in [0.4, 0.5) is 0 Å². The molecule has 4 rings (SSSR count). The van der Waals surface area contributed by atoms with E-state index in [-0.39, 0.29) is 12.0 Å². The van der Waals surface area contributed by atoms with Crippen molar-refractivity contribution in [1.29, 1.82) is 0 Å². The van der Waals surface area contributed by atoms with Crippen molar-refractivity contribution in [2.75, 3.05) is 14.2 Å². The number of hydrogen-bond acceptors (Lipinski definition) is 5. The summed E-state index contributed by atoms with van der Waals surface area (Å²) in [5.41, 5.74) is 5.57. The molecule has 0 bridgehead atoms. The van der Waals surface area contributed by atoms with Gasteiger partial charge in [0.05, 0.1) is 12.8 Å². The minimum absolute atomic E-state index is 0.167. The molecule has 0 atom stereocenters. The Morgan fingerprint density at radius 2 is 1.69 bits per heavy atom. The lowest BCUT2D eigenvalue weighted by atomic mass is 10.0. The second kappa shape index (κ2) is 15.6. The molecule has 7 nitrogen and oxygen atoms in total. The lowest BCUT2D eigenvalue weighted by Crippen LogP contribution is -2.19. The number of fused-ring (bicyclic) bond motifs is 1. The fourth-order valence-electron chi connectivity index (χ4n) is 3.41. The molecule has 2 aromatic heterocycles. The van der Waals surface area contributed by atoms with E-state index >= 15 is 0 Å². The average molecular weight is 490 g/mol. The van der Waals surface area contributed by atoms with Gasteiger partial charge in [0.15, 0.2) is 0 Å². The maximum atomic E-state index is 11.9. The third-order valence-corrected chi connectivity index (χ3v) is 4.80. The number of rotatable bonds is 5. The molecule has 7 heteroatoms. The van der Waals surface area contributed by atoms with Crippen LogP contribution < -0.4 is 10.1 Å². The van der Waals surface area contributed by atoms with Gasteiger partial charge in [-0.2, -0.15) is 0 Å². The molecular weight excluding hydrogens is 454 g/mol. The summed E-state index contributed by atoms with van der Waals surface area (Å²) in [5, 5.41) is 11.8. The molecule has 0 aliphatic heterocycles. The number of amides is 1. The second-order valence-corrected chi connectivity index (χ2v) is 7.62. The van der Waals surface area contributed by atoms with Crippen molar-refractivity contribution in [1.82, 2.24) is 15.3 Å². The van der Waals surface area contributed by atoms with E-state index in [4.69, 9.17) is 14.6 Å². The average Bonchev–Trinajstić information content (AvgIpc) is 3.28. The number of aliphatic hydroxyl groups excluding tert-OH is 1. The summed E-state index contributed by atoms with van der Waals surface area (Å²) in [6, 6.07) is 21.8. The van der Waals surface area contributed by atoms with Crippen LogP contribution in [-0.2, 0) is 11.2 Å². The molecule has 2 heterocycles. The van der Waals surface area contributed by atoms with Gasteiger partial charge in [-0.25, -0.2) is 4.98 Å². The first kappa shape index (κ1) is 29.8.